The molecule has 3 aromatic rings. The van der Waals surface area contributed by atoms with Crippen molar-refractivity contribution in [1.29, 1.82) is 0 Å². The fourth-order valence-corrected chi connectivity index (χ4v) is 2.75. The topological polar surface area (TPSA) is 38.7 Å². The minimum Gasteiger partial charge on any atom is -0.403 e. The molecule has 0 aliphatic carbocycles. The van der Waals surface area contributed by atoms with Crippen LogP contribution in [0.15, 0.2) is 89.6 Å². The number of hydrogen-bond acceptors (Lipinski definition) is 3. The molecular weight excluding hydrogens is 310 g/mol. The van der Waals surface area contributed by atoms with Crippen LogP contribution in [0.25, 0.3) is 22.9 Å². The second-order valence-electron chi connectivity index (χ2n) is 5.68. The monoisotopic (exact) mass is 325 g/mol. The first kappa shape index (κ1) is 15.1. The van der Waals surface area contributed by atoms with Gasteiger partial charge in [-0.1, -0.05) is 72.8 Å². The van der Waals surface area contributed by atoms with Crippen molar-refractivity contribution in [2.24, 2.45) is 4.99 Å². The van der Waals surface area contributed by atoms with Crippen LogP contribution in [0.5, 0.6) is 0 Å². The third-order valence-corrected chi connectivity index (χ3v) is 3.97. The van der Waals surface area contributed by atoms with Crippen molar-refractivity contribution in [3.05, 3.63) is 95.7 Å². The molecule has 1 aliphatic rings. The summed E-state index contributed by atoms with van der Waals surface area (Å²) in [6, 6.07) is 23.8. The van der Waals surface area contributed by atoms with Gasteiger partial charge in [0.15, 0.2) is 5.70 Å². The normalized spacial score (nSPS) is 15.8. The molecular formula is C22H15NO2. The number of cyclic esters (lactones) is 1. The van der Waals surface area contributed by atoms with Crippen LogP contribution in [0.4, 0.5) is 0 Å². The van der Waals surface area contributed by atoms with Crippen LogP contribution in [0.2, 0.25) is 0 Å². The smallest absolute Gasteiger partial charge is 0.363 e. The Balaban J connectivity index is 1.66. The van der Waals surface area contributed by atoms with Gasteiger partial charge in [0.25, 0.3) is 0 Å². The van der Waals surface area contributed by atoms with Crippen LogP contribution in [0.1, 0.15) is 11.1 Å². The number of ether oxygens (including phenoxy) is 1. The molecule has 0 spiro atoms. The second kappa shape index (κ2) is 6.57. The molecule has 0 aromatic heterocycles. The molecule has 0 atom stereocenters. The SMILES string of the molecule is O=C1OC(C=Cc2ccccc2)=NC1=Cc1cccc2ccccc12. The van der Waals surface area contributed by atoms with E-state index in [1.807, 2.05) is 78.9 Å². The molecule has 3 aromatic carbocycles. The predicted octanol–water partition coefficient (Wildman–Crippen LogP) is 4.85. The Morgan fingerprint density at radius 3 is 2.44 bits per heavy atom. The van der Waals surface area contributed by atoms with E-state index in [0.717, 1.165) is 21.9 Å². The molecule has 1 aliphatic heterocycles. The third kappa shape index (κ3) is 3.26. The fraction of sp³-hybridized carbons (Fsp3) is 0. The van der Waals surface area contributed by atoms with Gasteiger partial charge >= 0.3 is 5.97 Å². The van der Waals surface area contributed by atoms with E-state index in [0.29, 0.717) is 11.6 Å². The third-order valence-electron chi connectivity index (χ3n) is 3.97. The summed E-state index contributed by atoms with van der Waals surface area (Å²) < 4.78 is 5.24. The van der Waals surface area contributed by atoms with Crippen LogP contribution < -0.4 is 0 Å². The number of carbonyl (C=O) groups is 1. The summed E-state index contributed by atoms with van der Waals surface area (Å²) in [5.41, 5.74) is 2.28. The molecule has 0 saturated heterocycles. The van der Waals surface area contributed by atoms with Gasteiger partial charge in [-0.2, -0.15) is 0 Å². The lowest BCUT2D eigenvalue weighted by atomic mass is 10.0. The average Bonchev–Trinajstić information content (AvgIpc) is 3.01. The molecule has 1 heterocycles. The van der Waals surface area contributed by atoms with E-state index < -0.39 is 5.97 Å². The Bertz CT molecular complexity index is 1020. The molecule has 3 heteroatoms. The molecule has 3 nitrogen and oxygen atoms in total. The van der Waals surface area contributed by atoms with E-state index in [9.17, 15) is 4.79 Å². The Morgan fingerprint density at radius 2 is 1.56 bits per heavy atom. The molecule has 120 valence electrons. The highest BCUT2D eigenvalue weighted by Gasteiger charge is 2.21. The summed E-state index contributed by atoms with van der Waals surface area (Å²) in [5.74, 6) is -0.124. The summed E-state index contributed by atoms with van der Waals surface area (Å²) in [5, 5.41) is 2.20. The lowest BCUT2D eigenvalue weighted by molar-refractivity contribution is -0.129. The van der Waals surface area contributed by atoms with Crippen molar-refractivity contribution in [3.63, 3.8) is 0 Å². The standard InChI is InChI=1S/C22H15NO2/c24-22-20(15-18-11-6-10-17-9-4-5-12-19(17)18)23-21(25-22)14-13-16-7-2-1-3-8-16/h1-15H. The maximum absolute atomic E-state index is 12.1. The number of fused-ring (bicyclic) bond motifs is 1. The van der Waals surface area contributed by atoms with Gasteiger partial charge in [0, 0.05) is 6.08 Å². The van der Waals surface area contributed by atoms with Gasteiger partial charge in [-0.25, -0.2) is 9.79 Å². The number of aliphatic imine (C=N–C) groups is 1. The highest BCUT2D eigenvalue weighted by atomic mass is 16.6. The lowest BCUT2D eigenvalue weighted by Gasteiger charge is -2.01. The summed E-state index contributed by atoms with van der Waals surface area (Å²) in [7, 11) is 0. The van der Waals surface area contributed by atoms with Crippen LogP contribution in [-0.2, 0) is 9.53 Å². The Morgan fingerprint density at radius 1 is 0.800 bits per heavy atom. The van der Waals surface area contributed by atoms with Crippen LogP contribution in [-0.4, -0.2) is 11.9 Å². The largest absolute Gasteiger partial charge is 0.403 e. The zero-order valence-corrected chi connectivity index (χ0v) is 13.4. The van der Waals surface area contributed by atoms with Crippen molar-refractivity contribution in [1.82, 2.24) is 0 Å². The summed E-state index contributed by atoms with van der Waals surface area (Å²) in [4.78, 5) is 16.4. The van der Waals surface area contributed by atoms with Crippen LogP contribution in [0.3, 0.4) is 0 Å². The van der Waals surface area contributed by atoms with Crippen molar-refractivity contribution >= 4 is 34.8 Å². The average molecular weight is 325 g/mol. The molecule has 0 amide bonds. The molecule has 0 N–H and O–H groups in total. The van der Waals surface area contributed by atoms with Crippen LogP contribution in [0, 0.1) is 0 Å². The molecule has 0 bridgehead atoms. The summed E-state index contributed by atoms with van der Waals surface area (Å²) in [6.07, 6.45) is 5.35. The Kier molecular flexibility index (Phi) is 3.97. The fourth-order valence-electron chi connectivity index (χ4n) is 2.75. The van der Waals surface area contributed by atoms with E-state index in [4.69, 9.17) is 4.74 Å². The van der Waals surface area contributed by atoms with E-state index >= 15 is 0 Å². The van der Waals surface area contributed by atoms with Gasteiger partial charge in [0.2, 0.25) is 5.90 Å². The maximum Gasteiger partial charge on any atom is 0.363 e. The van der Waals surface area contributed by atoms with Gasteiger partial charge in [-0.05, 0) is 34.1 Å². The maximum atomic E-state index is 12.1. The molecule has 4 rings (SSSR count). The molecule has 0 unspecified atom stereocenters. The van der Waals surface area contributed by atoms with Crippen molar-refractivity contribution in [2.45, 2.75) is 0 Å². The molecule has 0 radical (unpaired) electrons. The van der Waals surface area contributed by atoms with Gasteiger partial charge in [-0.15, -0.1) is 0 Å². The van der Waals surface area contributed by atoms with E-state index in [-0.39, 0.29) is 0 Å². The number of esters is 1. The first-order chi connectivity index (χ1) is 12.3. The van der Waals surface area contributed by atoms with E-state index in [1.54, 1.807) is 12.2 Å². The molecule has 25 heavy (non-hydrogen) atoms. The van der Waals surface area contributed by atoms with Gasteiger partial charge in [0.05, 0.1) is 0 Å². The first-order valence-corrected chi connectivity index (χ1v) is 8.03. The molecule has 0 fully saturated rings. The van der Waals surface area contributed by atoms with Crippen molar-refractivity contribution < 1.29 is 9.53 Å². The predicted molar refractivity (Wildman–Crippen MR) is 101 cm³/mol. The number of rotatable bonds is 3. The summed E-state index contributed by atoms with van der Waals surface area (Å²) >= 11 is 0. The van der Waals surface area contributed by atoms with Gasteiger partial charge in [0.1, 0.15) is 0 Å². The lowest BCUT2D eigenvalue weighted by Crippen LogP contribution is -2.01. The minimum atomic E-state index is -0.430. The number of benzene rings is 3. The number of nitrogens with zero attached hydrogens (tertiary/aromatic N) is 1. The Hall–Kier alpha value is -3.46. The van der Waals surface area contributed by atoms with Crippen molar-refractivity contribution in [2.75, 3.05) is 0 Å². The summed E-state index contributed by atoms with van der Waals surface area (Å²) in [6.45, 7) is 0. The van der Waals surface area contributed by atoms with Crippen LogP contribution >= 0.6 is 0 Å². The Labute approximate surface area is 145 Å². The highest BCUT2D eigenvalue weighted by molar-refractivity contribution is 6.12. The van der Waals surface area contributed by atoms with Gasteiger partial charge < -0.3 is 4.74 Å². The first-order valence-electron chi connectivity index (χ1n) is 8.03. The van der Waals surface area contributed by atoms with Crippen molar-refractivity contribution in [3.8, 4) is 0 Å². The van der Waals surface area contributed by atoms with E-state index in [1.165, 1.54) is 0 Å². The quantitative estimate of drug-likeness (QED) is 0.510. The van der Waals surface area contributed by atoms with E-state index in [2.05, 4.69) is 4.99 Å². The zero-order valence-electron chi connectivity index (χ0n) is 13.4. The number of carbonyl (C=O) groups excluding carboxylic acids is 1. The minimum absolute atomic E-state index is 0.306. The molecule has 0 saturated carbocycles. The second-order valence-corrected chi connectivity index (χ2v) is 5.68. The zero-order chi connectivity index (χ0) is 17.1. The highest BCUT2D eigenvalue weighted by Crippen LogP contribution is 2.23. The van der Waals surface area contributed by atoms with Gasteiger partial charge in [-0.3, -0.25) is 0 Å². The number of hydrogen-bond donors (Lipinski definition) is 0.